The molecule has 6 rings (SSSR count). The first-order chi connectivity index (χ1) is 23.6. The summed E-state index contributed by atoms with van der Waals surface area (Å²) in [6.07, 6.45) is -3.39. The van der Waals surface area contributed by atoms with Crippen LogP contribution in [0.5, 0.6) is 0 Å². The van der Waals surface area contributed by atoms with E-state index in [-0.39, 0.29) is 31.3 Å². The summed E-state index contributed by atoms with van der Waals surface area (Å²) in [4.78, 5) is 0.137. The Morgan fingerprint density at radius 2 is 0.833 bits per heavy atom. The number of ether oxygens (including phenoxy) is 5. The molecule has 5 aromatic carbocycles. The molecule has 1 aliphatic heterocycles. The van der Waals surface area contributed by atoms with Gasteiger partial charge in [-0.15, -0.1) is 0 Å². The van der Waals surface area contributed by atoms with Gasteiger partial charge in [0.1, 0.15) is 24.4 Å². The largest absolute Gasteiger partial charge is 0.374 e. The number of hydrogen-bond donors (Lipinski definition) is 0. The van der Waals surface area contributed by atoms with Crippen molar-refractivity contribution in [3.05, 3.63) is 174 Å². The van der Waals surface area contributed by atoms with Crippen LogP contribution in [0.25, 0.3) is 0 Å². The Labute approximate surface area is 282 Å². The van der Waals surface area contributed by atoms with Gasteiger partial charge in [-0.05, 0) is 34.4 Å². The minimum atomic E-state index is -4.07. The van der Waals surface area contributed by atoms with Crippen LogP contribution in [-0.2, 0) is 59.9 Å². The highest BCUT2D eigenvalue weighted by Crippen LogP contribution is 2.35. The van der Waals surface area contributed by atoms with Crippen molar-refractivity contribution in [2.45, 2.75) is 61.2 Å². The Morgan fingerprint density at radius 3 is 1.29 bits per heavy atom. The molecule has 8 heteroatoms. The molecule has 0 N–H and O–H groups in total. The zero-order chi connectivity index (χ0) is 33.0. The molecule has 1 fully saturated rings. The summed E-state index contributed by atoms with van der Waals surface area (Å²) >= 11 is 0. The molecule has 248 valence electrons. The van der Waals surface area contributed by atoms with Gasteiger partial charge in [0, 0.05) is 0 Å². The maximum Gasteiger partial charge on any atom is 0.207 e. The summed E-state index contributed by atoms with van der Waals surface area (Å²) in [7, 11) is -4.07. The average Bonchev–Trinajstić information content (AvgIpc) is 3.14. The minimum Gasteiger partial charge on any atom is -0.374 e. The van der Waals surface area contributed by atoms with Crippen molar-refractivity contribution < 1.29 is 32.1 Å². The average molecular weight is 665 g/mol. The third-order valence-electron chi connectivity index (χ3n) is 8.22. The monoisotopic (exact) mass is 664 g/mol. The molecule has 0 saturated carbocycles. The predicted octanol–water partition coefficient (Wildman–Crippen LogP) is 7.16. The second-order valence-corrected chi connectivity index (χ2v) is 13.7. The van der Waals surface area contributed by atoms with E-state index in [0.717, 1.165) is 22.3 Å². The van der Waals surface area contributed by atoms with Gasteiger partial charge in [0.15, 0.2) is 5.44 Å². The van der Waals surface area contributed by atoms with E-state index in [1.807, 2.05) is 121 Å². The molecule has 0 radical (unpaired) electrons. The van der Waals surface area contributed by atoms with Gasteiger partial charge in [0.05, 0.1) is 37.9 Å². The minimum absolute atomic E-state index is 0.0752. The summed E-state index contributed by atoms with van der Waals surface area (Å²) in [5, 5.41) is 0. The van der Waals surface area contributed by atoms with Crippen LogP contribution >= 0.6 is 0 Å². The molecule has 1 heterocycles. The van der Waals surface area contributed by atoms with Crippen molar-refractivity contribution >= 4 is 9.84 Å². The van der Waals surface area contributed by atoms with Crippen LogP contribution in [0.3, 0.4) is 0 Å². The Hall–Kier alpha value is -4.15. The Balaban J connectivity index is 1.37. The van der Waals surface area contributed by atoms with Gasteiger partial charge in [0.25, 0.3) is 0 Å². The van der Waals surface area contributed by atoms with Crippen LogP contribution < -0.4 is 0 Å². The summed E-state index contributed by atoms with van der Waals surface area (Å²) < 4.78 is 61.5. The molecular weight excluding hydrogens is 625 g/mol. The quantitative estimate of drug-likeness (QED) is 0.118. The van der Waals surface area contributed by atoms with Gasteiger partial charge in [-0.1, -0.05) is 140 Å². The van der Waals surface area contributed by atoms with E-state index >= 15 is 0 Å². The maximum atomic E-state index is 14.4. The molecule has 0 aliphatic carbocycles. The molecule has 0 spiro atoms. The standard InChI is InChI=1S/C40H40O7S/c41-48(42,35-24-14-5-15-25-35)40-39(46-29-34-22-12-4-13-23-34)38(45-28-33-20-10-3-11-21-33)37(44-27-32-18-8-2-9-19-32)36(47-40)30-43-26-31-16-6-1-7-17-31/h1-25,36-40H,26-30H2/t36-,37+,38+,39-,40+/m1/s1. The van der Waals surface area contributed by atoms with E-state index in [4.69, 9.17) is 23.7 Å². The fourth-order valence-electron chi connectivity index (χ4n) is 5.74. The van der Waals surface area contributed by atoms with Gasteiger partial charge in [0.2, 0.25) is 9.84 Å². The third-order valence-corrected chi connectivity index (χ3v) is 10.1. The highest BCUT2D eigenvalue weighted by molar-refractivity contribution is 7.92. The Kier molecular flexibility index (Phi) is 11.8. The van der Waals surface area contributed by atoms with Gasteiger partial charge < -0.3 is 23.7 Å². The van der Waals surface area contributed by atoms with Crippen molar-refractivity contribution in [1.29, 1.82) is 0 Å². The summed E-state index contributed by atoms with van der Waals surface area (Å²) in [6.45, 7) is 1.03. The number of rotatable bonds is 15. The molecule has 0 bridgehead atoms. The lowest BCUT2D eigenvalue weighted by atomic mass is 9.98. The molecule has 1 saturated heterocycles. The van der Waals surface area contributed by atoms with Crippen molar-refractivity contribution in [3.63, 3.8) is 0 Å². The lowest BCUT2D eigenvalue weighted by Crippen LogP contribution is -2.62. The van der Waals surface area contributed by atoms with Crippen LogP contribution in [0, 0.1) is 0 Å². The molecule has 1 aliphatic rings. The highest BCUT2D eigenvalue weighted by atomic mass is 32.2. The number of sulfone groups is 1. The highest BCUT2D eigenvalue weighted by Gasteiger charge is 2.53. The van der Waals surface area contributed by atoms with Gasteiger partial charge >= 0.3 is 0 Å². The van der Waals surface area contributed by atoms with Gasteiger partial charge in [-0.25, -0.2) is 8.42 Å². The first kappa shape index (κ1) is 33.7. The Morgan fingerprint density at radius 1 is 0.458 bits per heavy atom. The number of benzene rings is 5. The van der Waals surface area contributed by atoms with Crippen LogP contribution in [0.15, 0.2) is 157 Å². The molecule has 5 atom stereocenters. The van der Waals surface area contributed by atoms with E-state index in [0.29, 0.717) is 6.61 Å². The molecular formula is C40H40O7S. The van der Waals surface area contributed by atoms with Gasteiger partial charge in [-0.2, -0.15) is 0 Å². The van der Waals surface area contributed by atoms with Crippen molar-refractivity contribution in [3.8, 4) is 0 Å². The summed E-state index contributed by atoms with van der Waals surface area (Å²) in [5.74, 6) is 0. The van der Waals surface area contributed by atoms with Crippen LogP contribution in [0.1, 0.15) is 22.3 Å². The van der Waals surface area contributed by atoms with Gasteiger partial charge in [-0.3, -0.25) is 0 Å². The second kappa shape index (κ2) is 16.8. The molecule has 5 aromatic rings. The topological polar surface area (TPSA) is 80.3 Å². The summed E-state index contributed by atoms with van der Waals surface area (Å²) in [6, 6.07) is 47.4. The fourth-order valence-corrected chi connectivity index (χ4v) is 7.42. The normalized spacial score (nSPS) is 21.1. The van der Waals surface area contributed by atoms with Crippen molar-refractivity contribution in [2.75, 3.05) is 6.61 Å². The molecule has 0 unspecified atom stereocenters. The first-order valence-corrected chi connectivity index (χ1v) is 17.7. The molecule has 48 heavy (non-hydrogen) atoms. The van der Waals surface area contributed by atoms with Crippen molar-refractivity contribution in [1.82, 2.24) is 0 Å². The zero-order valence-corrected chi connectivity index (χ0v) is 27.4. The van der Waals surface area contributed by atoms with E-state index in [9.17, 15) is 8.42 Å². The van der Waals surface area contributed by atoms with E-state index in [1.165, 1.54) is 0 Å². The van der Waals surface area contributed by atoms with Crippen LogP contribution in [-0.4, -0.2) is 44.9 Å². The maximum absolute atomic E-state index is 14.4. The molecule has 7 nitrogen and oxygen atoms in total. The van der Waals surface area contributed by atoms with E-state index < -0.39 is 39.7 Å². The van der Waals surface area contributed by atoms with E-state index in [2.05, 4.69) is 0 Å². The summed E-state index contributed by atoms with van der Waals surface area (Å²) in [5.41, 5.74) is 2.39. The predicted molar refractivity (Wildman–Crippen MR) is 183 cm³/mol. The molecule has 0 amide bonds. The SMILES string of the molecule is O=S(=O)(c1ccccc1)[C@@H]1O[C@H](COCc2ccccc2)[C@H](OCc2ccccc2)[C@H](OCc2ccccc2)[C@H]1OCc1ccccc1. The first-order valence-electron chi connectivity index (χ1n) is 16.1. The lowest BCUT2D eigenvalue weighted by Gasteiger charge is -2.45. The van der Waals surface area contributed by atoms with E-state index in [1.54, 1.807) is 30.3 Å². The lowest BCUT2D eigenvalue weighted by molar-refractivity contribution is -0.256. The van der Waals surface area contributed by atoms with Crippen LogP contribution in [0.4, 0.5) is 0 Å². The number of hydrogen-bond acceptors (Lipinski definition) is 7. The van der Waals surface area contributed by atoms with Crippen LogP contribution in [0.2, 0.25) is 0 Å². The zero-order valence-electron chi connectivity index (χ0n) is 26.6. The molecule has 0 aromatic heterocycles. The smallest absolute Gasteiger partial charge is 0.207 e. The second-order valence-electron chi connectivity index (χ2n) is 11.7. The fraction of sp³-hybridized carbons (Fsp3) is 0.250. The third kappa shape index (κ3) is 8.85. The van der Waals surface area contributed by atoms with Crippen molar-refractivity contribution in [2.24, 2.45) is 0 Å². The Bertz CT molecular complexity index is 1760.